The first kappa shape index (κ1) is 15.4. The highest BCUT2D eigenvalue weighted by atomic mass is 32.2. The van der Waals surface area contributed by atoms with Crippen LogP contribution in [-0.4, -0.2) is 20.3 Å². The summed E-state index contributed by atoms with van der Waals surface area (Å²) in [5.41, 5.74) is -3.76. The monoisotopic (exact) mass is 337 g/mol. The molecule has 0 atom stereocenters. The predicted molar refractivity (Wildman–Crippen MR) is 81.5 cm³/mol. The lowest BCUT2D eigenvalue weighted by Crippen LogP contribution is -2.16. The Bertz CT molecular complexity index is 854. The number of aromatic nitrogens is 3. The van der Waals surface area contributed by atoms with Crippen molar-refractivity contribution in [1.29, 1.82) is 0 Å². The molecule has 0 aliphatic rings. The van der Waals surface area contributed by atoms with Gasteiger partial charge < -0.3 is 0 Å². The van der Waals surface area contributed by atoms with Gasteiger partial charge in [-0.3, -0.25) is 9.89 Å². The molecule has 0 aliphatic heterocycles. The number of hydrogen-bond donors (Lipinski definition) is 1. The first-order chi connectivity index (χ1) is 10.9. The van der Waals surface area contributed by atoms with Crippen LogP contribution in [-0.2, 0) is 0 Å². The Hall–Kier alpha value is -2.48. The van der Waals surface area contributed by atoms with E-state index in [1.807, 2.05) is 0 Å². The van der Waals surface area contributed by atoms with Crippen LogP contribution in [0.3, 0.4) is 0 Å². The second-order valence-corrected chi connectivity index (χ2v) is 5.73. The highest BCUT2D eigenvalue weighted by Crippen LogP contribution is 2.37. The first-order valence-electron chi connectivity index (χ1n) is 6.52. The number of alkyl halides is 3. The maximum Gasteiger partial charge on any atom is 0.446 e. The Labute approximate surface area is 133 Å². The van der Waals surface area contributed by atoms with Crippen molar-refractivity contribution in [2.45, 2.75) is 10.4 Å². The molecule has 0 radical (unpaired) electrons. The molecule has 0 amide bonds. The van der Waals surface area contributed by atoms with Gasteiger partial charge in [0, 0.05) is 17.3 Å². The second kappa shape index (κ2) is 5.96. The number of nitrogens with one attached hydrogen (secondary N) is 1. The summed E-state index contributed by atoms with van der Waals surface area (Å²) in [6.45, 7) is 0. The molecule has 0 saturated heterocycles. The van der Waals surface area contributed by atoms with E-state index in [0.717, 1.165) is 0 Å². The van der Waals surface area contributed by atoms with Gasteiger partial charge in [-0.25, -0.2) is 9.67 Å². The molecule has 0 saturated carbocycles. The average molecular weight is 337 g/mol. The molecule has 3 aromatic rings. The Kier molecular flexibility index (Phi) is 3.99. The summed E-state index contributed by atoms with van der Waals surface area (Å²) >= 11 is -0.190. The van der Waals surface area contributed by atoms with Gasteiger partial charge in [-0.05, 0) is 41.6 Å². The lowest BCUT2D eigenvalue weighted by Gasteiger charge is -2.05. The van der Waals surface area contributed by atoms with E-state index in [2.05, 4.69) is 10.1 Å². The van der Waals surface area contributed by atoms with Crippen molar-refractivity contribution in [3.8, 4) is 16.9 Å². The molecule has 2 aromatic heterocycles. The smallest absolute Gasteiger partial charge is 0.296 e. The SMILES string of the molecule is O=c1c(-c2ccc(SC(F)(F)F)cc2)c[nH]n1-c1ccccn1. The van der Waals surface area contributed by atoms with Crippen molar-refractivity contribution in [2.75, 3.05) is 0 Å². The van der Waals surface area contributed by atoms with E-state index in [-0.39, 0.29) is 22.2 Å². The third-order valence-corrected chi connectivity index (χ3v) is 3.79. The normalized spacial score (nSPS) is 11.6. The summed E-state index contributed by atoms with van der Waals surface area (Å²) in [5, 5.41) is 2.80. The van der Waals surface area contributed by atoms with Crippen LogP contribution < -0.4 is 5.56 Å². The number of nitrogens with zero attached hydrogens (tertiary/aromatic N) is 2. The van der Waals surface area contributed by atoms with Crippen molar-refractivity contribution < 1.29 is 13.2 Å². The maximum absolute atomic E-state index is 12.4. The molecule has 1 aromatic carbocycles. The molecule has 2 heterocycles. The molecule has 0 aliphatic carbocycles. The van der Waals surface area contributed by atoms with Gasteiger partial charge in [0.25, 0.3) is 5.56 Å². The lowest BCUT2D eigenvalue weighted by molar-refractivity contribution is -0.0328. The van der Waals surface area contributed by atoms with Crippen LogP contribution in [0.15, 0.2) is 64.5 Å². The minimum Gasteiger partial charge on any atom is -0.296 e. The van der Waals surface area contributed by atoms with Crippen molar-refractivity contribution >= 4 is 11.8 Å². The van der Waals surface area contributed by atoms with Crippen LogP contribution in [0.1, 0.15) is 0 Å². The number of rotatable bonds is 3. The fourth-order valence-corrected chi connectivity index (χ4v) is 2.61. The largest absolute Gasteiger partial charge is 0.446 e. The molecular weight excluding hydrogens is 327 g/mol. The minimum absolute atomic E-state index is 0.0711. The first-order valence-corrected chi connectivity index (χ1v) is 7.34. The summed E-state index contributed by atoms with van der Waals surface area (Å²) in [7, 11) is 0. The molecule has 0 unspecified atom stereocenters. The van der Waals surface area contributed by atoms with Crippen LogP contribution in [0.25, 0.3) is 16.9 Å². The molecular formula is C15H10F3N3OS. The number of thioether (sulfide) groups is 1. The van der Waals surface area contributed by atoms with E-state index in [4.69, 9.17) is 0 Å². The zero-order valence-corrected chi connectivity index (χ0v) is 12.4. The number of aromatic amines is 1. The summed E-state index contributed by atoms with van der Waals surface area (Å²) in [5.74, 6) is 0.438. The van der Waals surface area contributed by atoms with E-state index in [1.54, 1.807) is 24.4 Å². The summed E-state index contributed by atoms with van der Waals surface area (Å²) in [4.78, 5) is 16.5. The second-order valence-electron chi connectivity index (χ2n) is 4.59. The Balaban J connectivity index is 1.91. The molecule has 0 spiro atoms. The zero-order valence-electron chi connectivity index (χ0n) is 11.5. The highest BCUT2D eigenvalue weighted by molar-refractivity contribution is 8.00. The van der Waals surface area contributed by atoms with E-state index in [9.17, 15) is 18.0 Å². The fourth-order valence-electron chi connectivity index (χ4n) is 2.07. The van der Waals surface area contributed by atoms with Gasteiger partial charge in [0.2, 0.25) is 0 Å². The molecule has 4 nitrogen and oxygen atoms in total. The number of halogens is 3. The molecule has 8 heteroatoms. The topological polar surface area (TPSA) is 50.7 Å². The maximum atomic E-state index is 12.4. The van der Waals surface area contributed by atoms with Crippen LogP contribution in [0.2, 0.25) is 0 Å². The molecule has 0 fully saturated rings. The Morgan fingerprint density at radius 1 is 1.09 bits per heavy atom. The zero-order chi connectivity index (χ0) is 16.4. The predicted octanol–water partition coefficient (Wildman–Crippen LogP) is 3.84. The summed E-state index contributed by atoms with van der Waals surface area (Å²) in [6, 6.07) is 10.8. The van der Waals surface area contributed by atoms with Crippen molar-refractivity contribution in [2.24, 2.45) is 0 Å². The number of benzene rings is 1. The van der Waals surface area contributed by atoms with Crippen LogP contribution in [0, 0.1) is 0 Å². The third-order valence-electron chi connectivity index (χ3n) is 3.05. The standard InChI is InChI=1S/C15H10F3N3OS/c16-15(17,18)23-11-6-4-10(5-7-11)12-9-20-21(14(12)22)13-3-1-2-8-19-13/h1-9,20H. The van der Waals surface area contributed by atoms with Crippen molar-refractivity contribution in [3.05, 3.63) is 65.2 Å². The van der Waals surface area contributed by atoms with E-state index < -0.39 is 5.51 Å². The van der Waals surface area contributed by atoms with Gasteiger partial charge in [-0.2, -0.15) is 13.2 Å². The Morgan fingerprint density at radius 3 is 2.43 bits per heavy atom. The molecule has 1 N–H and O–H groups in total. The van der Waals surface area contributed by atoms with Gasteiger partial charge in [-0.1, -0.05) is 18.2 Å². The van der Waals surface area contributed by atoms with Crippen LogP contribution in [0.4, 0.5) is 13.2 Å². The van der Waals surface area contributed by atoms with E-state index in [0.29, 0.717) is 16.9 Å². The Morgan fingerprint density at radius 2 is 1.83 bits per heavy atom. The van der Waals surface area contributed by atoms with Crippen molar-refractivity contribution in [3.63, 3.8) is 0 Å². The van der Waals surface area contributed by atoms with Gasteiger partial charge in [0.15, 0.2) is 5.82 Å². The van der Waals surface area contributed by atoms with E-state index in [1.165, 1.54) is 35.1 Å². The lowest BCUT2D eigenvalue weighted by atomic mass is 10.1. The number of H-pyrrole nitrogens is 1. The molecule has 118 valence electrons. The quantitative estimate of drug-likeness (QED) is 0.739. The van der Waals surface area contributed by atoms with Gasteiger partial charge >= 0.3 is 5.51 Å². The van der Waals surface area contributed by atoms with Crippen LogP contribution in [0.5, 0.6) is 0 Å². The van der Waals surface area contributed by atoms with E-state index >= 15 is 0 Å². The number of hydrogen-bond acceptors (Lipinski definition) is 3. The molecule has 0 bridgehead atoms. The van der Waals surface area contributed by atoms with Gasteiger partial charge in [0.1, 0.15) is 0 Å². The van der Waals surface area contributed by atoms with Crippen LogP contribution >= 0.6 is 11.8 Å². The molecule has 23 heavy (non-hydrogen) atoms. The average Bonchev–Trinajstić information content (AvgIpc) is 2.89. The highest BCUT2D eigenvalue weighted by Gasteiger charge is 2.29. The van der Waals surface area contributed by atoms with Gasteiger partial charge in [-0.15, -0.1) is 0 Å². The number of pyridine rings is 1. The fraction of sp³-hybridized carbons (Fsp3) is 0.0667. The summed E-state index contributed by atoms with van der Waals surface area (Å²) < 4.78 is 38.2. The van der Waals surface area contributed by atoms with Crippen molar-refractivity contribution in [1.82, 2.24) is 14.8 Å². The van der Waals surface area contributed by atoms with Gasteiger partial charge in [0.05, 0.1) is 5.56 Å². The minimum atomic E-state index is -4.33. The molecule has 3 rings (SSSR count). The summed E-state index contributed by atoms with van der Waals surface area (Å²) in [6.07, 6.45) is 3.06. The third kappa shape index (κ3) is 3.48.